The highest BCUT2D eigenvalue weighted by atomic mass is 32.2. The highest BCUT2D eigenvalue weighted by Crippen LogP contribution is 2.16. The van der Waals surface area contributed by atoms with Gasteiger partial charge in [0, 0.05) is 24.8 Å². The molecule has 0 aromatic carbocycles. The van der Waals surface area contributed by atoms with E-state index in [-0.39, 0.29) is 0 Å². The predicted molar refractivity (Wildman–Crippen MR) is 86.2 cm³/mol. The van der Waals surface area contributed by atoms with Crippen LogP contribution in [-0.4, -0.2) is 45.3 Å². The number of fused-ring (bicyclic) bond motifs is 1. The van der Waals surface area contributed by atoms with Crippen molar-refractivity contribution in [1.29, 1.82) is 0 Å². The SMILES string of the molecule is Cc1cc(NCc2cc3n(n2)CCCN(S(C)(=O)=O)C3)ncn1. The monoisotopic (exact) mass is 336 g/mol. The zero-order valence-corrected chi connectivity index (χ0v) is 14.0. The number of rotatable bonds is 4. The summed E-state index contributed by atoms with van der Waals surface area (Å²) in [6.07, 6.45) is 3.53. The van der Waals surface area contributed by atoms with Crippen molar-refractivity contribution in [2.45, 2.75) is 33.0 Å². The summed E-state index contributed by atoms with van der Waals surface area (Å²) in [7, 11) is -3.18. The van der Waals surface area contributed by atoms with Gasteiger partial charge < -0.3 is 5.32 Å². The Morgan fingerprint density at radius 1 is 1.26 bits per heavy atom. The lowest BCUT2D eigenvalue weighted by Crippen LogP contribution is -2.29. The summed E-state index contributed by atoms with van der Waals surface area (Å²) >= 11 is 0. The molecule has 0 saturated carbocycles. The molecule has 0 aliphatic carbocycles. The maximum absolute atomic E-state index is 11.8. The number of sulfonamides is 1. The fourth-order valence-electron chi connectivity index (χ4n) is 2.59. The molecule has 0 radical (unpaired) electrons. The lowest BCUT2D eigenvalue weighted by atomic mass is 10.3. The standard InChI is InChI=1S/C14H20N6O2S/c1-11-6-14(17-10-16-11)15-8-12-7-13-9-19(23(2,21)22)4-3-5-20(13)18-12/h6-7,10H,3-5,8-9H2,1-2H3,(H,15,16,17). The van der Waals surface area contributed by atoms with Crippen molar-refractivity contribution in [1.82, 2.24) is 24.1 Å². The second-order valence-electron chi connectivity index (χ2n) is 5.70. The van der Waals surface area contributed by atoms with E-state index in [2.05, 4.69) is 20.4 Å². The third kappa shape index (κ3) is 3.85. The molecule has 1 aliphatic rings. The third-order valence-electron chi connectivity index (χ3n) is 3.75. The zero-order valence-electron chi connectivity index (χ0n) is 13.2. The molecule has 0 atom stereocenters. The number of hydrogen-bond acceptors (Lipinski definition) is 6. The fourth-order valence-corrected chi connectivity index (χ4v) is 3.42. The maximum Gasteiger partial charge on any atom is 0.211 e. The average Bonchev–Trinajstić information content (AvgIpc) is 2.74. The van der Waals surface area contributed by atoms with Crippen LogP contribution in [0, 0.1) is 6.92 Å². The van der Waals surface area contributed by atoms with Crippen LogP contribution in [0.3, 0.4) is 0 Å². The summed E-state index contributed by atoms with van der Waals surface area (Å²) in [4.78, 5) is 8.21. The van der Waals surface area contributed by atoms with E-state index in [1.165, 1.54) is 16.9 Å². The topological polar surface area (TPSA) is 93.0 Å². The predicted octanol–water partition coefficient (Wildman–Crippen LogP) is 0.759. The molecule has 0 spiro atoms. The van der Waals surface area contributed by atoms with Crippen molar-refractivity contribution < 1.29 is 8.42 Å². The quantitative estimate of drug-likeness (QED) is 0.886. The van der Waals surface area contributed by atoms with E-state index >= 15 is 0 Å². The van der Waals surface area contributed by atoms with Gasteiger partial charge in [0.2, 0.25) is 10.0 Å². The van der Waals surface area contributed by atoms with E-state index in [4.69, 9.17) is 0 Å². The van der Waals surface area contributed by atoms with Crippen molar-refractivity contribution in [3.8, 4) is 0 Å². The Labute approximate surface area is 135 Å². The summed E-state index contributed by atoms with van der Waals surface area (Å²) < 4.78 is 26.9. The molecule has 0 unspecified atom stereocenters. The summed E-state index contributed by atoms with van der Waals surface area (Å²) in [6.45, 7) is 4.09. The Balaban J connectivity index is 1.72. The number of aryl methyl sites for hydroxylation is 2. The summed E-state index contributed by atoms with van der Waals surface area (Å²) in [6, 6.07) is 3.82. The van der Waals surface area contributed by atoms with Crippen molar-refractivity contribution in [3.63, 3.8) is 0 Å². The van der Waals surface area contributed by atoms with Crippen molar-refractivity contribution in [2.24, 2.45) is 0 Å². The van der Waals surface area contributed by atoms with Crippen LogP contribution in [-0.2, 0) is 29.7 Å². The highest BCUT2D eigenvalue weighted by Gasteiger charge is 2.22. The summed E-state index contributed by atoms with van der Waals surface area (Å²) in [5, 5.41) is 7.76. The Morgan fingerprint density at radius 3 is 2.83 bits per heavy atom. The molecular weight excluding hydrogens is 316 g/mol. The first-order valence-electron chi connectivity index (χ1n) is 7.45. The molecule has 1 aliphatic heterocycles. The molecule has 8 nitrogen and oxygen atoms in total. The number of hydrogen-bond donors (Lipinski definition) is 1. The molecule has 1 N–H and O–H groups in total. The van der Waals surface area contributed by atoms with Gasteiger partial charge in [-0.25, -0.2) is 18.4 Å². The molecule has 0 saturated heterocycles. The normalized spacial score (nSPS) is 15.9. The van der Waals surface area contributed by atoms with E-state index in [9.17, 15) is 8.42 Å². The Kier molecular flexibility index (Phi) is 4.31. The highest BCUT2D eigenvalue weighted by molar-refractivity contribution is 7.88. The van der Waals surface area contributed by atoms with E-state index in [0.717, 1.165) is 35.9 Å². The van der Waals surface area contributed by atoms with Crippen LogP contribution in [0.1, 0.15) is 23.5 Å². The van der Waals surface area contributed by atoms with Crippen molar-refractivity contribution in [2.75, 3.05) is 18.1 Å². The first-order chi connectivity index (χ1) is 10.9. The molecule has 23 heavy (non-hydrogen) atoms. The van der Waals surface area contributed by atoms with Gasteiger partial charge in [-0.15, -0.1) is 0 Å². The van der Waals surface area contributed by atoms with E-state index in [1.54, 1.807) is 0 Å². The molecule has 2 aromatic heterocycles. The van der Waals surface area contributed by atoms with E-state index in [0.29, 0.717) is 19.6 Å². The Morgan fingerprint density at radius 2 is 2.09 bits per heavy atom. The number of nitrogens with one attached hydrogen (secondary N) is 1. The molecule has 0 fully saturated rings. The molecule has 3 heterocycles. The van der Waals surface area contributed by atoms with Gasteiger partial charge in [0.15, 0.2) is 0 Å². The molecule has 2 aromatic rings. The van der Waals surface area contributed by atoms with E-state index < -0.39 is 10.0 Å². The van der Waals surface area contributed by atoms with Gasteiger partial charge in [-0.05, 0) is 19.4 Å². The fraction of sp³-hybridized carbons (Fsp3) is 0.500. The number of nitrogens with zero attached hydrogens (tertiary/aromatic N) is 5. The Hall–Kier alpha value is -2.00. The van der Waals surface area contributed by atoms with Gasteiger partial charge in [-0.3, -0.25) is 4.68 Å². The molecular formula is C14H20N6O2S. The first kappa shape index (κ1) is 15.9. The molecule has 3 rings (SSSR count). The third-order valence-corrected chi connectivity index (χ3v) is 5.00. The molecule has 9 heteroatoms. The smallest absolute Gasteiger partial charge is 0.211 e. The van der Waals surface area contributed by atoms with Gasteiger partial charge >= 0.3 is 0 Å². The number of anilines is 1. The summed E-state index contributed by atoms with van der Waals surface area (Å²) in [5.41, 5.74) is 2.68. The molecule has 124 valence electrons. The van der Waals surface area contributed by atoms with Crippen LogP contribution >= 0.6 is 0 Å². The van der Waals surface area contributed by atoms with Crippen molar-refractivity contribution >= 4 is 15.8 Å². The van der Waals surface area contributed by atoms with Crippen LogP contribution < -0.4 is 5.32 Å². The van der Waals surface area contributed by atoms with Crippen LogP contribution in [0.5, 0.6) is 0 Å². The van der Waals surface area contributed by atoms with Gasteiger partial charge in [-0.2, -0.15) is 9.40 Å². The molecule has 0 bridgehead atoms. The van der Waals surface area contributed by atoms with Crippen LogP contribution in [0.2, 0.25) is 0 Å². The minimum atomic E-state index is -3.18. The minimum Gasteiger partial charge on any atom is -0.364 e. The lowest BCUT2D eigenvalue weighted by Gasteiger charge is -2.16. The van der Waals surface area contributed by atoms with Gasteiger partial charge in [0.05, 0.1) is 30.7 Å². The van der Waals surface area contributed by atoms with Crippen LogP contribution in [0.25, 0.3) is 0 Å². The van der Waals surface area contributed by atoms with Crippen LogP contribution in [0.4, 0.5) is 5.82 Å². The van der Waals surface area contributed by atoms with Gasteiger partial charge in [0.1, 0.15) is 12.1 Å². The zero-order chi connectivity index (χ0) is 16.4. The maximum atomic E-state index is 11.8. The minimum absolute atomic E-state index is 0.373. The van der Waals surface area contributed by atoms with Gasteiger partial charge in [0.25, 0.3) is 0 Å². The van der Waals surface area contributed by atoms with Gasteiger partial charge in [-0.1, -0.05) is 0 Å². The second kappa shape index (κ2) is 6.25. The first-order valence-corrected chi connectivity index (χ1v) is 9.30. The largest absolute Gasteiger partial charge is 0.364 e. The number of aromatic nitrogens is 4. The van der Waals surface area contributed by atoms with Crippen LogP contribution in [0.15, 0.2) is 18.5 Å². The molecule has 0 amide bonds. The van der Waals surface area contributed by atoms with Crippen molar-refractivity contribution in [3.05, 3.63) is 35.5 Å². The Bertz CT molecular complexity index is 801. The van der Waals surface area contributed by atoms with E-state index in [1.807, 2.05) is 23.7 Å². The average molecular weight is 336 g/mol. The lowest BCUT2D eigenvalue weighted by molar-refractivity contribution is 0.414. The summed E-state index contributed by atoms with van der Waals surface area (Å²) in [5.74, 6) is 0.749. The second-order valence-corrected chi connectivity index (χ2v) is 7.68.